The monoisotopic (exact) mass is 1100 g/mol. The zero-order valence-corrected chi connectivity index (χ0v) is 47.3. The van der Waals surface area contributed by atoms with Crippen LogP contribution < -0.4 is 16.4 Å². The standard InChI is InChI=1S/C82H51BN4/c1-9-25-52(26-10-1)60-43-67-77-65(56-33-17-5-18-34-56)41-62(54-29-13-3-14-30-54)47-73(77)86-75-49-64(72-51-71(58-37-21-7-22-38-58)84-82(85-72)59-39-23-8-24-40-59)50-76-79(75)83(69(45-60)80(67)86)70-46-61(53-27-11-2-12-28-53)44-68-78-66(57-35-19-6-20-36-57)42-63(55-31-15-4-16-32-55)48-74(78)87(76)81(68)70/h1-51H. The molecule has 4 nitrogen and oxygen atoms in total. The molecule has 18 rings (SSSR count). The van der Waals surface area contributed by atoms with Crippen LogP contribution in [0.25, 0.3) is 156 Å². The SMILES string of the molecule is c1ccc(-c2cc3c4c(c2)c2c(-c5ccccc5)cc(-c5ccccc5)cc2n4-c2cc(-c4cc(-c5ccccc5)nc(-c5ccccc5)n4)cc4c2B3c2cc(-c3ccccc3)cc3c5c(-c6ccccc6)cc(-c6ccccc6)cc5n-4c23)cc1. The van der Waals surface area contributed by atoms with Crippen LogP contribution in [-0.2, 0) is 0 Å². The van der Waals surface area contributed by atoms with Gasteiger partial charge in [0.25, 0.3) is 6.71 Å². The summed E-state index contributed by atoms with van der Waals surface area (Å²) in [5.74, 6) is 0.677. The van der Waals surface area contributed by atoms with Crippen molar-refractivity contribution in [2.24, 2.45) is 0 Å². The highest BCUT2D eigenvalue weighted by molar-refractivity contribution is 7.00. The number of aromatic nitrogens is 4. The molecule has 87 heavy (non-hydrogen) atoms. The van der Waals surface area contributed by atoms with Gasteiger partial charge in [0.05, 0.1) is 22.4 Å². The number of hydrogen-bond donors (Lipinski definition) is 0. The Labute approximate surface area is 504 Å². The van der Waals surface area contributed by atoms with Crippen molar-refractivity contribution in [1.82, 2.24) is 19.1 Å². The van der Waals surface area contributed by atoms with Gasteiger partial charge in [-0.1, -0.05) is 255 Å². The number of benzene rings is 13. The maximum absolute atomic E-state index is 5.62. The minimum absolute atomic E-state index is 0.192. The fraction of sp³-hybridized carbons (Fsp3) is 0. The van der Waals surface area contributed by atoms with Crippen molar-refractivity contribution in [3.05, 3.63) is 309 Å². The van der Waals surface area contributed by atoms with E-state index in [1.807, 2.05) is 0 Å². The van der Waals surface area contributed by atoms with Crippen LogP contribution in [0.5, 0.6) is 0 Å². The van der Waals surface area contributed by atoms with E-state index in [1.54, 1.807) is 0 Å². The van der Waals surface area contributed by atoms with E-state index in [9.17, 15) is 0 Å². The van der Waals surface area contributed by atoms with E-state index in [1.165, 1.54) is 105 Å². The molecule has 16 aromatic rings. The molecule has 0 N–H and O–H groups in total. The highest BCUT2D eigenvalue weighted by Gasteiger charge is 2.43. The van der Waals surface area contributed by atoms with Crippen LogP contribution >= 0.6 is 0 Å². The van der Waals surface area contributed by atoms with E-state index in [4.69, 9.17) is 9.97 Å². The first kappa shape index (κ1) is 49.1. The predicted octanol–water partition coefficient (Wildman–Crippen LogP) is 18.8. The van der Waals surface area contributed by atoms with Gasteiger partial charge in [-0.2, -0.15) is 0 Å². The number of hydrogen-bond acceptors (Lipinski definition) is 2. The molecule has 3 aromatic heterocycles. The van der Waals surface area contributed by atoms with Crippen molar-refractivity contribution >= 4 is 66.7 Å². The Bertz CT molecular complexity index is 5060. The molecule has 0 aliphatic carbocycles. The van der Waals surface area contributed by atoms with Crippen molar-refractivity contribution in [2.75, 3.05) is 0 Å². The van der Waals surface area contributed by atoms with Gasteiger partial charge in [0.1, 0.15) is 0 Å². The summed E-state index contributed by atoms with van der Waals surface area (Å²) in [6, 6.07) is 114. The summed E-state index contributed by atoms with van der Waals surface area (Å²) < 4.78 is 5.28. The van der Waals surface area contributed by atoms with Gasteiger partial charge in [-0.15, -0.1) is 0 Å². The Balaban J connectivity index is 1.06. The summed E-state index contributed by atoms with van der Waals surface area (Å²) in [6.45, 7) is -0.192. The Morgan fingerprint density at radius 3 is 0.954 bits per heavy atom. The second-order valence-electron chi connectivity index (χ2n) is 23.2. The van der Waals surface area contributed by atoms with Gasteiger partial charge in [-0.3, -0.25) is 0 Å². The highest BCUT2D eigenvalue weighted by Crippen LogP contribution is 2.48. The van der Waals surface area contributed by atoms with Crippen molar-refractivity contribution in [1.29, 1.82) is 0 Å². The van der Waals surface area contributed by atoms with E-state index in [0.717, 1.165) is 61.6 Å². The third kappa shape index (κ3) is 7.80. The van der Waals surface area contributed by atoms with Crippen LogP contribution in [0.15, 0.2) is 309 Å². The molecule has 0 saturated heterocycles. The first-order chi connectivity index (χ1) is 43.1. The molecule has 0 bridgehead atoms. The molecular weight excluding hydrogens is 1050 g/mol. The van der Waals surface area contributed by atoms with Crippen LogP contribution in [0.4, 0.5) is 0 Å². The number of nitrogens with zero attached hydrogens (tertiary/aromatic N) is 4. The van der Waals surface area contributed by atoms with Crippen molar-refractivity contribution < 1.29 is 0 Å². The Kier molecular flexibility index (Phi) is 11.1. The first-order valence-corrected chi connectivity index (χ1v) is 30.0. The predicted molar refractivity (Wildman–Crippen MR) is 364 cm³/mol. The molecule has 0 atom stereocenters. The molecule has 0 fully saturated rings. The van der Waals surface area contributed by atoms with Crippen molar-refractivity contribution in [2.45, 2.75) is 0 Å². The van der Waals surface area contributed by atoms with Crippen molar-refractivity contribution in [3.63, 3.8) is 0 Å². The summed E-state index contributed by atoms with van der Waals surface area (Å²) in [6.07, 6.45) is 0. The topological polar surface area (TPSA) is 35.6 Å². The van der Waals surface area contributed by atoms with Crippen LogP contribution in [0.3, 0.4) is 0 Å². The van der Waals surface area contributed by atoms with Gasteiger partial charge < -0.3 is 9.13 Å². The fourth-order valence-corrected chi connectivity index (χ4v) is 14.4. The molecule has 2 aliphatic heterocycles. The summed E-state index contributed by atoms with van der Waals surface area (Å²) >= 11 is 0. The summed E-state index contributed by atoms with van der Waals surface area (Å²) in [7, 11) is 0. The van der Waals surface area contributed by atoms with E-state index >= 15 is 0 Å². The van der Waals surface area contributed by atoms with Gasteiger partial charge in [-0.25, -0.2) is 9.97 Å². The molecule has 5 heteroatoms. The molecule has 2 aliphatic rings. The molecule has 0 unspecified atom stereocenters. The average Bonchev–Trinajstić information content (AvgIpc) is 1.59. The van der Waals surface area contributed by atoms with Crippen LogP contribution in [0.1, 0.15) is 0 Å². The van der Waals surface area contributed by atoms with Gasteiger partial charge in [-0.05, 0) is 138 Å². The van der Waals surface area contributed by atoms with Crippen LogP contribution in [-0.4, -0.2) is 25.8 Å². The molecule has 0 radical (unpaired) electrons. The van der Waals surface area contributed by atoms with E-state index in [2.05, 4.69) is 319 Å². The highest BCUT2D eigenvalue weighted by atomic mass is 15.0. The second-order valence-corrected chi connectivity index (χ2v) is 23.2. The summed E-state index contributed by atoms with van der Waals surface area (Å²) in [5, 5.41) is 4.89. The molecular formula is C82H51BN4. The minimum atomic E-state index is -0.192. The molecule has 13 aromatic carbocycles. The largest absolute Gasteiger partial charge is 0.310 e. The molecule has 0 amide bonds. The zero-order valence-electron chi connectivity index (χ0n) is 47.3. The Morgan fingerprint density at radius 2 is 0.575 bits per heavy atom. The lowest BCUT2D eigenvalue weighted by molar-refractivity contribution is 1.14. The zero-order chi connectivity index (χ0) is 57.1. The van der Waals surface area contributed by atoms with Crippen LogP contribution in [0, 0.1) is 0 Å². The Morgan fingerprint density at radius 1 is 0.253 bits per heavy atom. The first-order valence-electron chi connectivity index (χ1n) is 30.0. The average molecular weight is 1100 g/mol. The van der Waals surface area contributed by atoms with Gasteiger partial charge in [0.2, 0.25) is 0 Å². The molecule has 0 saturated carbocycles. The maximum atomic E-state index is 5.62. The smallest absolute Gasteiger partial charge is 0.252 e. The Hall–Kier alpha value is -11.4. The van der Waals surface area contributed by atoms with Crippen LogP contribution in [0.2, 0.25) is 0 Å². The minimum Gasteiger partial charge on any atom is -0.310 e. The van der Waals surface area contributed by atoms with Gasteiger partial charge in [0.15, 0.2) is 5.82 Å². The van der Waals surface area contributed by atoms with E-state index < -0.39 is 0 Å². The van der Waals surface area contributed by atoms with Gasteiger partial charge >= 0.3 is 0 Å². The maximum Gasteiger partial charge on any atom is 0.252 e. The molecule has 0 spiro atoms. The fourth-order valence-electron chi connectivity index (χ4n) is 14.4. The van der Waals surface area contributed by atoms with Crippen molar-refractivity contribution in [3.8, 4) is 112 Å². The number of fused-ring (bicyclic) bond motifs is 10. The number of rotatable bonds is 9. The lowest BCUT2D eigenvalue weighted by Crippen LogP contribution is -2.59. The third-order valence-corrected chi connectivity index (χ3v) is 18.2. The lowest BCUT2D eigenvalue weighted by Gasteiger charge is -2.34. The molecule has 402 valence electrons. The third-order valence-electron chi connectivity index (χ3n) is 18.2. The lowest BCUT2D eigenvalue weighted by atomic mass is 9.34. The summed E-state index contributed by atoms with van der Waals surface area (Å²) in [5.41, 5.74) is 29.6. The molecule has 5 heterocycles. The summed E-state index contributed by atoms with van der Waals surface area (Å²) in [4.78, 5) is 11.0. The van der Waals surface area contributed by atoms with E-state index in [-0.39, 0.29) is 6.71 Å². The normalized spacial score (nSPS) is 12.1. The quantitative estimate of drug-likeness (QED) is 0.135. The van der Waals surface area contributed by atoms with Gasteiger partial charge in [0, 0.05) is 60.6 Å². The second kappa shape index (κ2) is 19.6. The van der Waals surface area contributed by atoms with E-state index in [0.29, 0.717) is 5.82 Å².